The van der Waals surface area contributed by atoms with Gasteiger partial charge in [-0.15, -0.1) is 0 Å². The first-order valence-electron chi connectivity index (χ1n) is 6.82. The molecule has 4 nitrogen and oxygen atoms in total. The van der Waals surface area contributed by atoms with Gasteiger partial charge in [0.05, 0.1) is 0 Å². The van der Waals surface area contributed by atoms with Crippen LogP contribution in [0.5, 0.6) is 0 Å². The van der Waals surface area contributed by atoms with E-state index in [1.165, 1.54) is 18.7 Å². The highest BCUT2D eigenvalue weighted by Gasteiger charge is 2.49. The fraction of sp³-hybridized carbons (Fsp3) is 0.462. The number of benzene rings is 1. The van der Waals surface area contributed by atoms with Crippen LogP contribution in [0.1, 0.15) is 5.56 Å². The Hall–Kier alpha value is -1.26. The Morgan fingerprint density at radius 1 is 1.37 bits per heavy atom. The molecule has 1 aromatic carbocycles. The first kappa shape index (κ1) is 12.8. The van der Waals surface area contributed by atoms with Crippen LogP contribution in [-0.4, -0.2) is 57.0 Å². The monoisotopic (exact) mass is 255 g/mol. The lowest BCUT2D eigenvalue weighted by molar-refractivity contribution is -0.0383. The Morgan fingerprint density at radius 2 is 2.11 bits per heavy atom. The molecule has 1 amide bonds. The SMILES string of the molecule is BN1CC2(C1)CN(BC(=O)Nc1cccc(C)c1)C2. The van der Waals surface area contributed by atoms with E-state index in [9.17, 15) is 4.79 Å². The average molecular weight is 255 g/mol. The van der Waals surface area contributed by atoms with E-state index in [1.54, 1.807) is 0 Å². The number of hydrogen-bond donors (Lipinski definition) is 1. The third-order valence-electron chi connectivity index (χ3n) is 4.00. The molecule has 19 heavy (non-hydrogen) atoms. The van der Waals surface area contributed by atoms with Crippen LogP contribution >= 0.6 is 0 Å². The van der Waals surface area contributed by atoms with Gasteiger partial charge in [0.1, 0.15) is 0 Å². The third-order valence-corrected chi connectivity index (χ3v) is 4.00. The molecule has 2 aliphatic heterocycles. The van der Waals surface area contributed by atoms with Crippen LogP contribution in [0.2, 0.25) is 0 Å². The number of carbonyl (C=O) groups is 1. The van der Waals surface area contributed by atoms with Crippen molar-refractivity contribution in [1.82, 2.24) is 9.62 Å². The quantitative estimate of drug-likeness (QED) is 0.775. The number of rotatable bonds is 3. The zero-order chi connectivity index (χ0) is 13.5. The maximum Gasteiger partial charge on any atom is 0.314 e. The molecule has 1 aromatic rings. The highest BCUT2D eigenvalue weighted by atomic mass is 16.1. The summed E-state index contributed by atoms with van der Waals surface area (Å²) >= 11 is 0. The molecule has 0 unspecified atom stereocenters. The summed E-state index contributed by atoms with van der Waals surface area (Å²) in [6.45, 7) is 6.53. The molecule has 1 spiro atoms. The molecule has 6 heteroatoms. The second-order valence-corrected chi connectivity index (χ2v) is 6.24. The zero-order valence-electron chi connectivity index (χ0n) is 11.6. The number of hydrogen-bond acceptors (Lipinski definition) is 3. The van der Waals surface area contributed by atoms with E-state index < -0.39 is 0 Å². The molecule has 0 aliphatic carbocycles. The molecule has 3 rings (SSSR count). The van der Waals surface area contributed by atoms with Crippen molar-refractivity contribution < 1.29 is 4.79 Å². The largest absolute Gasteiger partial charge is 0.347 e. The lowest BCUT2D eigenvalue weighted by Gasteiger charge is -2.60. The summed E-state index contributed by atoms with van der Waals surface area (Å²) in [5, 5.41) is 2.96. The number of nitrogens with one attached hydrogen (secondary N) is 1. The van der Waals surface area contributed by atoms with Gasteiger partial charge in [0.15, 0.2) is 13.8 Å². The van der Waals surface area contributed by atoms with Crippen molar-refractivity contribution in [3.05, 3.63) is 29.8 Å². The zero-order valence-corrected chi connectivity index (χ0v) is 11.6. The molecule has 0 aromatic heterocycles. The van der Waals surface area contributed by atoms with Crippen LogP contribution in [0, 0.1) is 12.3 Å². The molecule has 1 N–H and O–H groups in total. The Morgan fingerprint density at radius 3 is 2.74 bits per heavy atom. The smallest absolute Gasteiger partial charge is 0.314 e. The third kappa shape index (κ3) is 2.69. The highest BCUT2D eigenvalue weighted by Crippen LogP contribution is 2.37. The summed E-state index contributed by atoms with van der Waals surface area (Å²) in [5.41, 5.74) is 2.56. The lowest BCUT2D eigenvalue weighted by Crippen LogP contribution is -2.72. The molecule has 2 heterocycles. The first-order chi connectivity index (χ1) is 9.05. The average Bonchev–Trinajstić information content (AvgIpc) is 2.24. The second kappa shape index (κ2) is 4.69. The molecule has 98 valence electrons. The van der Waals surface area contributed by atoms with Gasteiger partial charge < -0.3 is 14.9 Å². The van der Waals surface area contributed by atoms with Gasteiger partial charge in [0, 0.05) is 11.1 Å². The summed E-state index contributed by atoms with van der Waals surface area (Å²) < 4.78 is 0. The van der Waals surface area contributed by atoms with Crippen LogP contribution in [-0.2, 0) is 0 Å². The Labute approximate surface area is 115 Å². The molecule has 2 aliphatic rings. The van der Waals surface area contributed by atoms with Gasteiger partial charge in [-0.3, -0.25) is 4.79 Å². The van der Waals surface area contributed by atoms with Crippen LogP contribution in [0.15, 0.2) is 24.3 Å². The van der Waals surface area contributed by atoms with E-state index in [2.05, 4.69) is 22.9 Å². The van der Waals surface area contributed by atoms with Gasteiger partial charge in [-0.2, -0.15) is 0 Å². The van der Waals surface area contributed by atoms with Crippen molar-refractivity contribution >= 4 is 26.9 Å². The van der Waals surface area contributed by atoms with Gasteiger partial charge in [0.2, 0.25) is 0 Å². The van der Waals surface area contributed by atoms with Crippen molar-refractivity contribution in [2.24, 2.45) is 5.41 Å². The molecule has 2 fully saturated rings. The van der Waals surface area contributed by atoms with Crippen molar-refractivity contribution in [2.75, 3.05) is 31.5 Å². The molecule has 2 saturated heterocycles. The van der Waals surface area contributed by atoms with Gasteiger partial charge >= 0.3 is 7.41 Å². The molecule has 0 bridgehead atoms. The van der Waals surface area contributed by atoms with E-state index in [-0.39, 0.29) is 5.81 Å². The molecular formula is C13H19B2N3O. The van der Waals surface area contributed by atoms with Gasteiger partial charge in [0.25, 0.3) is 0 Å². The van der Waals surface area contributed by atoms with Gasteiger partial charge in [-0.25, -0.2) is 0 Å². The molecule has 0 atom stereocenters. The Balaban J connectivity index is 1.45. The minimum atomic E-state index is 0.0909. The van der Waals surface area contributed by atoms with Crippen LogP contribution < -0.4 is 5.32 Å². The predicted molar refractivity (Wildman–Crippen MR) is 81.5 cm³/mol. The fourth-order valence-electron chi connectivity index (χ4n) is 3.44. The van der Waals surface area contributed by atoms with Gasteiger partial charge in [-0.05, 0) is 50.8 Å². The van der Waals surface area contributed by atoms with Gasteiger partial charge in [-0.1, -0.05) is 12.1 Å². The predicted octanol–water partition coefficient (Wildman–Crippen LogP) is 0.0441. The number of aryl methyl sites for hydroxylation is 1. The number of nitrogens with zero attached hydrogens (tertiary/aromatic N) is 2. The summed E-state index contributed by atoms with van der Waals surface area (Å²) in [5.74, 6) is 0.0909. The number of carbonyl (C=O) groups excluding carboxylic acids is 1. The Kier molecular flexibility index (Phi) is 3.15. The summed E-state index contributed by atoms with van der Waals surface area (Å²) in [4.78, 5) is 16.5. The van der Waals surface area contributed by atoms with Crippen LogP contribution in [0.25, 0.3) is 0 Å². The van der Waals surface area contributed by atoms with E-state index in [0.29, 0.717) is 12.8 Å². The number of anilines is 1. The van der Waals surface area contributed by atoms with Crippen LogP contribution in [0.4, 0.5) is 10.5 Å². The van der Waals surface area contributed by atoms with E-state index in [0.717, 1.165) is 18.8 Å². The molecule has 0 saturated carbocycles. The minimum Gasteiger partial charge on any atom is -0.347 e. The topological polar surface area (TPSA) is 35.6 Å². The first-order valence-corrected chi connectivity index (χ1v) is 6.82. The van der Waals surface area contributed by atoms with E-state index in [1.807, 2.05) is 31.2 Å². The number of amides is 1. The summed E-state index contributed by atoms with van der Waals surface area (Å²) in [6, 6.07) is 7.93. The van der Waals surface area contributed by atoms with E-state index >= 15 is 0 Å². The fourth-order valence-corrected chi connectivity index (χ4v) is 3.44. The Bertz CT molecular complexity index is 494. The summed E-state index contributed by atoms with van der Waals surface area (Å²) in [7, 11) is 2.66. The standard InChI is InChI=1S/C13H19B2N3O/c1-10-3-2-4-11(5-10)16-12(19)15-18-8-13(9-18)6-17(14)7-13/h2-5,15H,6-9,14H2,1H3,(H,16,19). The second-order valence-electron chi connectivity index (χ2n) is 6.24. The van der Waals surface area contributed by atoms with Crippen molar-refractivity contribution in [1.29, 1.82) is 0 Å². The maximum absolute atomic E-state index is 11.9. The van der Waals surface area contributed by atoms with E-state index in [4.69, 9.17) is 0 Å². The maximum atomic E-state index is 11.9. The normalized spacial score (nSPS) is 21.5. The molecular weight excluding hydrogens is 236 g/mol. The van der Waals surface area contributed by atoms with Crippen molar-refractivity contribution in [3.8, 4) is 0 Å². The molecule has 0 radical (unpaired) electrons. The highest BCUT2D eigenvalue weighted by molar-refractivity contribution is 6.73. The van der Waals surface area contributed by atoms with Crippen molar-refractivity contribution in [3.63, 3.8) is 0 Å². The van der Waals surface area contributed by atoms with Crippen LogP contribution in [0.3, 0.4) is 0 Å². The minimum absolute atomic E-state index is 0.0909. The lowest BCUT2D eigenvalue weighted by atomic mass is 9.66. The summed E-state index contributed by atoms with van der Waals surface area (Å²) in [6.07, 6.45) is 0. The van der Waals surface area contributed by atoms with Crippen molar-refractivity contribution in [2.45, 2.75) is 6.92 Å².